The molecule has 2 aromatic carbocycles. The molecular weight excluding hydrogens is 419 g/mol. The Kier molecular flexibility index (Phi) is 6.12. The molecule has 0 aliphatic carbocycles. The second-order valence-corrected chi connectivity index (χ2v) is 7.54. The van der Waals surface area contributed by atoms with Gasteiger partial charge < -0.3 is 4.90 Å². The summed E-state index contributed by atoms with van der Waals surface area (Å²) in [6, 6.07) is 20.3. The molecule has 0 fully saturated rings. The van der Waals surface area contributed by atoms with Gasteiger partial charge in [-0.2, -0.15) is 5.10 Å². The minimum absolute atomic E-state index is 0.0984. The van der Waals surface area contributed by atoms with E-state index in [1.165, 1.54) is 0 Å². The highest BCUT2D eigenvalue weighted by Gasteiger charge is 2.18. The molecule has 5 nitrogen and oxygen atoms in total. The number of carbonyl (C=O) groups is 1. The fourth-order valence-corrected chi connectivity index (χ4v) is 3.43. The molecule has 0 radical (unpaired) electrons. The molecule has 0 saturated carbocycles. The van der Waals surface area contributed by atoms with Crippen molar-refractivity contribution in [3.8, 4) is 5.69 Å². The van der Waals surface area contributed by atoms with Gasteiger partial charge in [-0.05, 0) is 60.2 Å². The average Bonchev–Trinajstić information content (AvgIpc) is 3.31. The number of rotatable bonds is 6. The zero-order valence-corrected chi connectivity index (χ0v) is 17.5. The van der Waals surface area contributed by atoms with E-state index in [-0.39, 0.29) is 5.91 Å². The second kappa shape index (κ2) is 9.11. The van der Waals surface area contributed by atoms with E-state index in [1.54, 1.807) is 46.2 Å². The Hall–Kier alpha value is -3.15. The molecule has 150 valence electrons. The highest BCUT2D eigenvalue weighted by molar-refractivity contribution is 6.42. The third-order valence-corrected chi connectivity index (χ3v) is 5.35. The molecule has 0 saturated heterocycles. The van der Waals surface area contributed by atoms with Gasteiger partial charge in [-0.3, -0.25) is 9.78 Å². The number of carbonyl (C=O) groups excluding carboxylic acids is 1. The molecule has 0 bridgehead atoms. The molecule has 0 atom stereocenters. The topological polar surface area (TPSA) is 51.0 Å². The maximum absolute atomic E-state index is 13.3. The Labute approximate surface area is 184 Å². The molecule has 0 unspecified atom stereocenters. The van der Waals surface area contributed by atoms with E-state index in [1.807, 2.05) is 48.7 Å². The summed E-state index contributed by atoms with van der Waals surface area (Å²) in [5, 5.41) is 5.16. The van der Waals surface area contributed by atoms with Crippen LogP contribution in [-0.2, 0) is 13.1 Å². The van der Waals surface area contributed by atoms with Gasteiger partial charge in [-0.1, -0.05) is 35.3 Å². The molecule has 0 aliphatic heterocycles. The molecule has 2 heterocycles. The van der Waals surface area contributed by atoms with Crippen molar-refractivity contribution >= 4 is 29.1 Å². The van der Waals surface area contributed by atoms with Crippen molar-refractivity contribution < 1.29 is 4.79 Å². The van der Waals surface area contributed by atoms with Crippen LogP contribution in [0, 0.1) is 0 Å². The van der Waals surface area contributed by atoms with E-state index >= 15 is 0 Å². The lowest BCUT2D eigenvalue weighted by atomic mass is 10.1. The number of aromatic nitrogens is 3. The zero-order valence-electron chi connectivity index (χ0n) is 16.0. The maximum Gasteiger partial charge on any atom is 0.254 e. The number of hydrogen-bond donors (Lipinski definition) is 0. The minimum Gasteiger partial charge on any atom is -0.328 e. The number of hydrogen-bond acceptors (Lipinski definition) is 3. The fraction of sp³-hybridized carbons (Fsp3) is 0.0870. The Balaban J connectivity index is 1.60. The monoisotopic (exact) mass is 436 g/mol. The summed E-state index contributed by atoms with van der Waals surface area (Å²) in [4.78, 5) is 19.4. The van der Waals surface area contributed by atoms with Crippen LogP contribution in [0.5, 0.6) is 0 Å². The van der Waals surface area contributed by atoms with Crippen molar-refractivity contribution in [1.82, 2.24) is 19.7 Å². The van der Waals surface area contributed by atoms with Crippen LogP contribution in [0.1, 0.15) is 21.6 Å². The number of pyridine rings is 1. The SMILES string of the molecule is O=C(c1ccc(-n2cccn2)cc1)N(Cc1ccc(Cl)c(Cl)c1)Cc1ccccn1. The van der Waals surface area contributed by atoms with Gasteiger partial charge in [0.2, 0.25) is 0 Å². The van der Waals surface area contributed by atoms with Crippen LogP contribution in [0.3, 0.4) is 0 Å². The molecule has 0 spiro atoms. The minimum atomic E-state index is -0.0984. The normalized spacial score (nSPS) is 10.7. The fourth-order valence-electron chi connectivity index (χ4n) is 3.11. The van der Waals surface area contributed by atoms with Crippen molar-refractivity contribution in [2.24, 2.45) is 0 Å². The number of nitrogens with zero attached hydrogens (tertiary/aromatic N) is 4. The highest BCUT2D eigenvalue weighted by atomic mass is 35.5. The Morgan fingerprint density at radius 2 is 1.73 bits per heavy atom. The van der Waals surface area contributed by atoms with Crippen molar-refractivity contribution in [3.05, 3.63) is 112 Å². The Morgan fingerprint density at radius 3 is 2.40 bits per heavy atom. The first-order valence-corrected chi connectivity index (χ1v) is 10.1. The third kappa shape index (κ3) is 4.70. The van der Waals surface area contributed by atoms with E-state index in [0.29, 0.717) is 28.7 Å². The van der Waals surface area contributed by atoms with E-state index in [0.717, 1.165) is 16.9 Å². The van der Waals surface area contributed by atoms with Gasteiger partial charge in [0.05, 0.1) is 28.0 Å². The predicted octanol–water partition coefficient (Wildman–Crippen LogP) is 5.42. The summed E-state index contributed by atoms with van der Waals surface area (Å²) in [5.74, 6) is -0.0984. The smallest absolute Gasteiger partial charge is 0.254 e. The molecule has 7 heteroatoms. The quantitative estimate of drug-likeness (QED) is 0.405. The van der Waals surface area contributed by atoms with Gasteiger partial charge in [-0.25, -0.2) is 4.68 Å². The van der Waals surface area contributed by atoms with Gasteiger partial charge in [0, 0.05) is 30.7 Å². The van der Waals surface area contributed by atoms with Crippen molar-refractivity contribution in [1.29, 1.82) is 0 Å². The van der Waals surface area contributed by atoms with Crippen LogP contribution in [0.4, 0.5) is 0 Å². The van der Waals surface area contributed by atoms with E-state index < -0.39 is 0 Å². The summed E-state index contributed by atoms with van der Waals surface area (Å²) >= 11 is 12.2. The van der Waals surface area contributed by atoms with Crippen molar-refractivity contribution in [2.45, 2.75) is 13.1 Å². The molecule has 2 aromatic heterocycles. The van der Waals surface area contributed by atoms with E-state index in [9.17, 15) is 4.79 Å². The molecule has 1 amide bonds. The second-order valence-electron chi connectivity index (χ2n) is 6.73. The first-order valence-electron chi connectivity index (χ1n) is 9.33. The molecule has 4 rings (SSSR count). The van der Waals surface area contributed by atoms with Gasteiger partial charge in [0.1, 0.15) is 0 Å². The van der Waals surface area contributed by atoms with Crippen LogP contribution < -0.4 is 0 Å². The summed E-state index contributed by atoms with van der Waals surface area (Å²) in [5.41, 5.74) is 3.17. The summed E-state index contributed by atoms with van der Waals surface area (Å²) in [7, 11) is 0. The summed E-state index contributed by atoms with van der Waals surface area (Å²) in [6.07, 6.45) is 5.29. The van der Waals surface area contributed by atoms with E-state index in [4.69, 9.17) is 23.2 Å². The Morgan fingerprint density at radius 1 is 0.900 bits per heavy atom. The van der Waals surface area contributed by atoms with Crippen LogP contribution in [0.25, 0.3) is 5.69 Å². The Bertz CT molecular complexity index is 1130. The number of amides is 1. The number of halogens is 2. The van der Waals surface area contributed by atoms with Crippen molar-refractivity contribution in [3.63, 3.8) is 0 Å². The third-order valence-electron chi connectivity index (χ3n) is 4.61. The van der Waals surface area contributed by atoms with Crippen molar-refractivity contribution in [2.75, 3.05) is 0 Å². The summed E-state index contributed by atoms with van der Waals surface area (Å²) in [6.45, 7) is 0.758. The van der Waals surface area contributed by atoms with Crippen LogP contribution in [-0.4, -0.2) is 25.6 Å². The van der Waals surface area contributed by atoms with Crippen LogP contribution >= 0.6 is 23.2 Å². The first-order chi connectivity index (χ1) is 14.6. The zero-order chi connectivity index (χ0) is 20.9. The lowest BCUT2D eigenvalue weighted by Gasteiger charge is -2.23. The van der Waals surface area contributed by atoms with E-state index in [2.05, 4.69) is 10.1 Å². The lowest BCUT2D eigenvalue weighted by molar-refractivity contribution is 0.0728. The standard InChI is InChI=1S/C23H18Cl2N4O/c24-21-10-5-17(14-22(21)25)15-28(16-19-4-1-2-11-26-19)23(30)18-6-8-20(9-7-18)29-13-3-12-27-29/h1-14H,15-16H2. The molecule has 30 heavy (non-hydrogen) atoms. The molecule has 4 aromatic rings. The van der Waals surface area contributed by atoms with Crippen LogP contribution in [0.2, 0.25) is 10.0 Å². The predicted molar refractivity (Wildman–Crippen MR) is 118 cm³/mol. The molecule has 0 N–H and O–H groups in total. The van der Waals surface area contributed by atoms with Gasteiger partial charge in [-0.15, -0.1) is 0 Å². The average molecular weight is 437 g/mol. The first kappa shape index (κ1) is 20.1. The molecular formula is C23H18Cl2N4O. The summed E-state index contributed by atoms with van der Waals surface area (Å²) < 4.78 is 1.75. The maximum atomic E-state index is 13.3. The lowest BCUT2D eigenvalue weighted by Crippen LogP contribution is -2.30. The largest absolute Gasteiger partial charge is 0.328 e. The van der Waals surface area contributed by atoms with Crippen LogP contribution in [0.15, 0.2) is 85.3 Å². The van der Waals surface area contributed by atoms with Gasteiger partial charge in [0.25, 0.3) is 5.91 Å². The number of benzene rings is 2. The molecule has 0 aliphatic rings. The van der Waals surface area contributed by atoms with Gasteiger partial charge in [0.15, 0.2) is 0 Å². The van der Waals surface area contributed by atoms with Gasteiger partial charge >= 0.3 is 0 Å². The highest BCUT2D eigenvalue weighted by Crippen LogP contribution is 2.24.